The molecule has 0 fully saturated rings. The van der Waals surface area contributed by atoms with Crippen molar-refractivity contribution >= 4 is 0 Å². The number of hydrogen-bond acceptors (Lipinski definition) is 3. The average Bonchev–Trinajstić information content (AvgIpc) is 2.61. The molecule has 0 aromatic heterocycles. The van der Waals surface area contributed by atoms with Crippen molar-refractivity contribution in [3.8, 4) is 0 Å². The zero-order valence-corrected chi connectivity index (χ0v) is 14.9. The molecule has 2 rings (SSSR count). The smallest absolute Gasteiger partial charge is 0.381 e. The highest BCUT2D eigenvalue weighted by Crippen LogP contribution is 2.36. The first kappa shape index (κ1) is 22.2. The van der Waals surface area contributed by atoms with E-state index in [0.29, 0.717) is 17.7 Å². The standard InChI is InChI=1S/C19H19F6NO2/c1-26-11-17(27,14-5-3-2-4-6-14)12-28-10-13-7-15(18(20,21)22)9-16(8-13)19(23,24)25/h2-9,26-27H,10-12H2,1H3. The molecule has 2 N–H and O–H groups in total. The zero-order chi connectivity index (χ0) is 21.0. The van der Waals surface area contributed by atoms with Crippen molar-refractivity contribution in [3.63, 3.8) is 0 Å². The second kappa shape index (κ2) is 8.50. The zero-order valence-electron chi connectivity index (χ0n) is 14.9. The summed E-state index contributed by atoms with van der Waals surface area (Å²) in [6.45, 7) is -0.769. The summed E-state index contributed by atoms with van der Waals surface area (Å²) in [6.07, 6.45) is -9.85. The predicted octanol–water partition coefficient (Wildman–Crippen LogP) is 4.35. The van der Waals surface area contributed by atoms with E-state index in [9.17, 15) is 31.4 Å². The van der Waals surface area contributed by atoms with Gasteiger partial charge in [0.1, 0.15) is 5.60 Å². The number of rotatable bonds is 7. The highest BCUT2D eigenvalue weighted by atomic mass is 19.4. The Labute approximate surface area is 157 Å². The van der Waals surface area contributed by atoms with Gasteiger partial charge in [-0.05, 0) is 36.4 Å². The van der Waals surface area contributed by atoms with Crippen LogP contribution in [0.5, 0.6) is 0 Å². The summed E-state index contributed by atoms with van der Waals surface area (Å²) in [5.41, 5.74) is -4.10. The Hall–Kier alpha value is -2.10. The highest BCUT2D eigenvalue weighted by molar-refractivity contribution is 5.33. The van der Waals surface area contributed by atoms with Gasteiger partial charge >= 0.3 is 12.4 Å². The van der Waals surface area contributed by atoms with Crippen molar-refractivity contribution in [1.82, 2.24) is 5.32 Å². The molecule has 0 radical (unpaired) electrons. The van der Waals surface area contributed by atoms with Gasteiger partial charge in [-0.1, -0.05) is 30.3 Å². The van der Waals surface area contributed by atoms with Gasteiger partial charge in [0.05, 0.1) is 24.3 Å². The van der Waals surface area contributed by atoms with Gasteiger partial charge in [-0.2, -0.15) is 26.3 Å². The van der Waals surface area contributed by atoms with Crippen LogP contribution in [0.25, 0.3) is 0 Å². The Morgan fingerprint density at radius 1 is 0.857 bits per heavy atom. The van der Waals surface area contributed by atoms with E-state index < -0.39 is 35.7 Å². The van der Waals surface area contributed by atoms with Crippen LogP contribution in [-0.2, 0) is 29.3 Å². The second-order valence-corrected chi connectivity index (χ2v) is 6.33. The summed E-state index contributed by atoms with van der Waals surface area (Å²) in [7, 11) is 1.59. The van der Waals surface area contributed by atoms with E-state index in [1.54, 1.807) is 37.4 Å². The largest absolute Gasteiger partial charge is 0.416 e. The number of alkyl halides is 6. The molecule has 154 valence electrons. The highest BCUT2D eigenvalue weighted by Gasteiger charge is 2.37. The summed E-state index contributed by atoms with van der Waals surface area (Å²) < 4.78 is 82.8. The van der Waals surface area contributed by atoms with Gasteiger partial charge < -0.3 is 15.2 Å². The number of likely N-dealkylation sites (N-methyl/N-ethyl adjacent to an activating group) is 1. The van der Waals surface area contributed by atoms with E-state index >= 15 is 0 Å². The molecule has 0 heterocycles. The van der Waals surface area contributed by atoms with Gasteiger partial charge in [0.25, 0.3) is 0 Å². The number of nitrogens with one attached hydrogen (secondary N) is 1. The van der Waals surface area contributed by atoms with Crippen LogP contribution >= 0.6 is 0 Å². The second-order valence-electron chi connectivity index (χ2n) is 6.33. The van der Waals surface area contributed by atoms with E-state index in [1.165, 1.54) is 0 Å². The Morgan fingerprint density at radius 2 is 1.39 bits per heavy atom. The molecule has 0 saturated carbocycles. The molecule has 3 nitrogen and oxygen atoms in total. The molecule has 9 heteroatoms. The first-order chi connectivity index (χ1) is 13.0. The van der Waals surface area contributed by atoms with Crippen LogP contribution in [0.3, 0.4) is 0 Å². The van der Waals surface area contributed by atoms with Gasteiger partial charge in [0.15, 0.2) is 0 Å². The summed E-state index contributed by atoms with van der Waals surface area (Å²) in [6, 6.07) is 9.69. The fourth-order valence-electron chi connectivity index (χ4n) is 2.72. The predicted molar refractivity (Wildman–Crippen MR) is 90.4 cm³/mol. The Bertz CT molecular complexity index is 744. The SMILES string of the molecule is CNCC(O)(COCc1cc(C(F)(F)F)cc(C(F)(F)F)c1)c1ccccc1. The molecule has 2 aromatic rings. The molecule has 0 amide bonds. The first-order valence-electron chi connectivity index (χ1n) is 8.24. The fraction of sp³-hybridized carbons (Fsp3) is 0.368. The van der Waals surface area contributed by atoms with Crippen LogP contribution in [0.2, 0.25) is 0 Å². The lowest BCUT2D eigenvalue weighted by molar-refractivity contribution is -0.143. The van der Waals surface area contributed by atoms with Crippen molar-refractivity contribution in [3.05, 3.63) is 70.8 Å². The van der Waals surface area contributed by atoms with Crippen LogP contribution in [-0.4, -0.2) is 25.3 Å². The van der Waals surface area contributed by atoms with Crippen molar-refractivity contribution in [2.24, 2.45) is 0 Å². The number of halogens is 6. The number of hydrogen-bond donors (Lipinski definition) is 2. The van der Waals surface area contributed by atoms with Crippen LogP contribution in [0.15, 0.2) is 48.5 Å². The van der Waals surface area contributed by atoms with Gasteiger partial charge in [-0.15, -0.1) is 0 Å². The number of benzene rings is 2. The molecule has 0 aliphatic heterocycles. The average molecular weight is 407 g/mol. The molecule has 0 aliphatic carbocycles. The lowest BCUT2D eigenvalue weighted by Crippen LogP contribution is -2.40. The minimum absolute atomic E-state index is 0.0603. The van der Waals surface area contributed by atoms with E-state index in [2.05, 4.69) is 5.32 Å². The molecule has 0 spiro atoms. The Kier molecular flexibility index (Phi) is 6.74. The lowest BCUT2D eigenvalue weighted by Gasteiger charge is -2.28. The van der Waals surface area contributed by atoms with Gasteiger partial charge in [0.2, 0.25) is 0 Å². The monoisotopic (exact) mass is 407 g/mol. The van der Waals surface area contributed by atoms with Gasteiger partial charge in [-0.25, -0.2) is 0 Å². The molecule has 0 bridgehead atoms. The summed E-state index contributed by atoms with van der Waals surface area (Å²) in [5.74, 6) is 0. The quantitative estimate of drug-likeness (QED) is 0.671. The van der Waals surface area contributed by atoms with E-state index in [1.807, 2.05) is 0 Å². The minimum atomic E-state index is -4.92. The maximum Gasteiger partial charge on any atom is 0.416 e. The third kappa shape index (κ3) is 5.70. The van der Waals surface area contributed by atoms with Crippen molar-refractivity contribution in [2.75, 3.05) is 20.2 Å². The van der Waals surface area contributed by atoms with Gasteiger partial charge in [0, 0.05) is 6.54 Å². The molecule has 2 aromatic carbocycles. The maximum atomic E-state index is 12.9. The van der Waals surface area contributed by atoms with Gasteiger partial charge in [-0.3, -0.25) is 0 Å². The van der Waals surface area contributed by atoms with Crippen LogP contribution in [0.4, 0.5) is 26.3 Å². The minimum Gasteiger partial charge on any atom is -0.381 e. The van der Waals surface area contributed by atoms with E-state index in [0.717, 1.165) is 0 Å². The summed E-state index contributed by atoms with van der Waals surface area (Å²) in [4.78, 5) is 0. The number of aliphatic hydroxyl groups is 1. The molecule has 1 atom stereocenters. The van der Waals surface area contributed by atoms with Crippen molar-refractivity contribution < 1.29 is 36.2 Å². The molecule has 1 unspecified atom stereocenters. The third-order valence-electron chi connectivity index (χ3n) is 4.04. The number of ether oxygens (including phenoxy) is 1. The van der Waals surface area contributed by atoms with E-state index in [-0.39, 0.29) is 24.8 Å². The summed E-state index contributed by atoms with van der Waals surface area (Å²) >= 11 is 0. The van der Waals surface area contributed by atoms with Crippen molar-refractivity contribution in [2.45, 2.75) is 24.6 Å². The molecular weight excluding hydrogens is 388 g/mol. The summed E-state index contributed by atoms with van der Waals surface area (Å²) in [5, 5.41) is 13.6. The topological polar surface area (TPSA) is 41.5 Å². The normalized spacial score (nSPS) is 14.7. The maximum absolute atomic E-state index is 12.9. The van der Waals surface area contributed by atoms with Crippen molar-refractivity contribution in [1.29, 1.82) is 0 Å². The Morgan fingerprint density at radius 3 is 1.86 bits per heavy atom. The third-order valence-corrected chi connectivity index (χ3v) is 4.04. The first-order valence-corrected chi connectivity index (χ1v) is 8.24. The van der Waals surface area contributed by atoms with Crippen LogP contribution in [0, 0.1) is 0 Å². The Balaban J connectivity index is 2.21. The molecule has 28 heavy (non-hydrogen) atoms. The van der Waals surface area contributed by atoms with E-state index in [4.69, 9.17) is 4.74 Å². The van der Waals surface area contributed by atoms with Crippen LogP contribution in [0.1, 0.15) is 22.3 Å². The molecular formula is C19H19F6NO2. The molecule has 0 saturated heterocycles. The molecule has 0 aliphatic rings. The lowest BCUT2D eigenvalue weighted by atomic mass is 9.94. The van der Waals surface area contributed by atoms with Crippen LogP contribution < -0.4 is 5.32 Å². The fourth-order valence-corrected chi connectivity index (χ4v) is 2.72.